The molecule has 4 rings (SSSR count). The van der Waals surface area contributed by atoms with Crippen molar-refractivity contribution < 1.29 is 9.21 Å². The molecular formula is C19H22N4O3. The highest BCUT2D eigenvalue weighted by molar-refractivity contribution is 5.79. The highest BCUT2D eigenvalue weighted by Gasteiger charge is 2.23. The smallest absolute Gasteiger partial charge is 0.331 e. The van der Waals surface area contributed by atoms with Crippen LogP contribution in [-0.2, 0) is 17.9 Å². The summed E-state index contributed by atoms with van der Waals surface area (Å²) in [6, 6.07) is 7.38. The van der Waals surface area contributed by atoms with Crippen molar-refractivity contribution in [2.24, 2.45) is 0 Å². The molecule has 3 heterocycles. The van der Waals surface area contributed by atoms with E-state index in [2.05, 4.69) is 10.3 Å². The first kappa shape index (κ1) is 16.6. The predicted molar refractivity (Wildman–Crippen MR) is 96.7 cm³/mol. The highest BCUT2D eigenvalue weighted by atomic mass is 16.3. The van der Waals surface area contributed by atoms with Crippen LogP contribution in [0.2, 0.25) is 0 Å². The maximum absolute atomic E-state index is 13.0. The number of nitrogens with zero attached hydrogens (tertiary/aromatic N) is 3. The zero-order valence-electron chi connectivity index (χ0n) is 14.6. The summed E-state index contributed by atoms with van der Waals surface area (Å²) in [6.45, 7) is 0.279. The van der Waals surface area contributed by atoms with Crippen LogP contribution in [-0.4, -0.2) is 20.0 Å². The maximum atomic E-state index is 13.0. The van der Waals surface area contributed by atoms with Crippen molar-refractivity contribution in [3.8, 4) is 0 Å². The molecule has 0 bridgehead atoms. The Balaban J connectivity index is 1.61. The first-order valence-electron chi connectivity index (χ1n) is 9.09. The summed E-state index contributed by atoms with van der Waals surface area (Å²) in [7, 11) is 0. The second-order valence-corrected chi connectivity index (χ2v) is 6.73. The molecule has 1 aliphatic rings. The van der Waals surface area contributed by atoms with E-state index in [0.717, 1.165) is 25.7 Å². The zero-order chi connectivity index (χ0) is 17.9. The molecule has 3 aromatic heterocycles. The van der Waals surface area contributed by atoms with E-state index in [9.17, 15) is 9.59 Å². The van der Waals surface area contributed by atoms with Gasteiger partial charge in [0.2, 0.25) is 5.91 Å². The normalized spacial score (nSPS) is 15.4. The zero-order valence-corrected chi connectivity index (χ0v) is 14.6. The Hall–Kier alpha value is -2.83. The number of nitrogens with one attached hydrogen (secondary N) is 1. The summed E-state index contributed by atoms with van der Waals surface area (Å²) >= 11 is 0. The Kier molecular flexibility index (Phi) is 4.60. The van der Waals surface area contributed by atoms with E-state index in [-0.39, 0.29) is 24.2 Å². The number of hydrogen-bond acceptors (Lipinski definition) is 4. The molecule has 0 spiro atoms. The third kappa shape index (κ3) is 3.16. The molecule has 0 saturated heterocycles. The van der Waals surface area contributed by atoms with Gasteiger partial charge < -0.3 is 9.73 Å². The fraction of sp³-hybridized carbons (Fsp3) is 0.421. The van der Waals surface area contributed by atoms with Gasteiger partial charge in [0.25, 0.3) is 0 Å². The van der Waals surface area contributed by atoms with E-state index in [1.807, 2.05) is 6.07 Å². The van der Waals surface area contributed by atoms with Crippen LogP contribution in [0.25, 0.3) is 11.2 Å². The molecule has 1 amide bonds. The average molecular weight is 354 g/mol. The molecule has 0 aromatic carbocycles. The standard InChI is InChI=1S/C19H22N4O3/c24-17(21-12-15-8-5-11-26-15)13-22-16-9-4-10-20-18(16)23(19(22)25)14-6-2-1-3-7-14/h4-5,8-11,14H,1-3,6-7,12-13H2,(H,21,24). The minimum absolute atomic E-state index is 0.0263. The van der Waals surface area contributed by atoms with Gasteiger partial charge in [0.1, 0.15) is 12.3 Å². The van der Waals surface area contributed by atoms with Crippen LogP contribution >= 0.6 is 0 Å². The van der Waals surface area contributed by atoms with Crippen molar-refractivity contribution in [2.75, 3.05) is 0 Å². The lowest BCUT2D eigenvalue weighted by atomic mass is 9.95. The number of carbonyl (C=O) groups excluding carboxylic acids is 1. The van der Waals surface area contributed by atoms with Crippen molar-refractivity contribution in [3.05, 3.63) is 53.0 Å². The molecule has 1 fully saturated rings. The molecule has 0 radical (unpaired) electrons. The number of imidazole rings is 1. The summed E-state index contributed by atoms with van der Waals surface area (Å²) < 4.78 is 8.52. The van der Waals surface area contributed by atoms with E-state index in [0.29, 0.717) is 23.5 Å². The number of fused-ring (bicyclic) bond motifs is 1. The summed E-state index contributed by atoms with van der Waals surface area (Å²) in [5.41, 5.74) is 1.22. The Morgan fingerprint density at radius 1 is 1.23 bits per heavy atom. The van der Waals surface area contributed by atoms with E-state index in [1.54, 1.807) is 35.2 Å². The van der Waals surface area contributed by atoms with Gasteiger partial charge in [-0.05, 0) is 37.1 Å². The molecule has 7 nitrogen and oxygen atoms in total. The van der Waals surface area contributed by atoms with Gasteiger partial charge in [0.05, 0.1) is 18.3 Å². The summed E-state index contributed by atoms with van der Waals surface area (Å²) in [6.07, 6.45) is 8.70. The fourth-order valence-corrected chi connectivity index (χ4v) is 3.73. The van der Waals surface area contributed by atoms with Gasteiger partial charge in [-0.1, -0.05) is 19.3 Å². The van der Waals surface area contributed by atoms with E-state index >= 15 is 0 Å². The van der Waals surface area contributed by atoms with Crippen LogP contribution < -0.4 is 11.0 Å². The van der Waals surface area contributed by atoms with Gasteiger partial charge in [-0.3, -0.25) is 13.9 Å². The molecular weight excluding hydrogens is 332 g/mol. The number of hydrogen-bond donors (Lipinski definition) is 1. The van der Waals surface area contributed by atoms with Gasteiger partial charge in [0.15, 0.2) is 5.65 Å². The van der Waals surface area contributed by atoms with Crippen LogP contribution in [0.15, 0.2) is 45.9 Å². The van der Waals surface area contributed by atoms with Crippen molar-refractivity contribution in [2.45, 2.75) is 51.2 Å². The Bertz CT molecular complexity index is 949. The lowest BCUT2D eigenvalue weighted by Crippen LogP contribution is -2.34. The van der Waals surface area contributed by atoms with Crippen molar-refractivity contribution >= 4 is 17.1 Å². The molecule has 136 valence electrons. The topological polar surface area (TPSA) is 82.1 Å². The molecule has 7 heteroatoms. The minimum atomic E-state index is -0.227. The largest absolute Gasteiger partial charge is 0.467 e. The first-order chi connectivity index (χ1) is 12.7. The lowest BCUT2D eigenvalue weighted by Gasteiger charge is -2.22. The first-order valence-corrected chi connectivity index (χ1v) is 9.09. The van der Waals surface area contributed by atoms with Crippen LogP contribution in [0.3, 0.4) is 0 Å². The minimum Gasteiger partial charge on any atom is -0.467 e. The van der Waals surface area contributed by atoms with E-state index < -0.39 is 0 Å². The lowest BCUT2D eigenvalue weighted by molar-refractivity contribution is -0.121. The second kappa shape index (κ2) is 7.19. The fourth-order valence-electron chi connectivity index (χ4n) is 3.73. The SMILES string of the molecule is O=C(Cn1c(=O)n(C2CCCCC2)c2ncccc21)NCc1ccco1. The van der Waals surface area contributed by atoms with Gasteiger partial charge in [-0.2, -0.15) is 0 Å². The van der Waals surface area contributed by atoms with Gasteiger partial charge in [0, 0.05) is 12.2 Å². The monoisotopic (exact) mass is 354 g/mol. The van der Waals surface area contributed by atoms with Crippen LogP contribution in [0.5, 0.6) is 0 Å². The number of amides is 1. The molecule has 0 aliphatic heterocycles. The van der Waals surface area contributed by atoms with Crippen LogP contribution in [0.1, 0.15) is 43.9 Å². The molecule has 26 heavy (non-hydrogen) atoms. The average Bonchev–Trinajstić information content (AvgIpc) is 3.28. The third-order valence-electron chi connectivity index (χ3n) is 5.00. The van der Waals surface area contributed by atoms with Crippen molar-refractivity contribution in [1.29, 1.82) is 0 Å². The Morgan fingerprint density at radius 3 is 2.85 bits per heavy atom. The summed E-state index contributed by atoms with van der Waals surface area (Å²) in [4.78, 5) is 29.8. The Morgan fingerprint density at radius 2 is 2.08 bits per heavy atom. The van der Waals surface area contributed by atoms with E-state index in [4.69, 9.17) is 4.42 Å². The van der Waals surface area contributed by atoms with Crippen molar-refractivity contribution in [3.63, 3.8) is 0 Å². The molecule has 1 saturated carbocycles. The number of pyridine rings is 1. The number of furan rings is 1. The third-order valence-corrected chi connectivity index (χ3v) is 5.00. The van der Waals surface area contributed by atoms with Crippen molar-refractivity contribution in [1.82, 2.24) is 19.4 Å². The summed E-state index contributed by atoms with van der Waals surface area (Å²) in [5, 5.41) is 2.79. The van der Waals surface area contributed by atoms with Gasteiger partial charge in [-0.25, -0.2) is 9.78 Å². The maximum Gasteiger partial charge on any atom is 0.331 e. The van der Waals surface area contributed by atoms with E-state index in [1.165, 1.54) is 11.0 Å². The molecule has 1 aliphatic carbocycles. The molecule has 0 atom stereocenters. The van der Waals surface area contributed by atoms with Crippen LogP contribution in [0.4, 0.5) is 0 Å². The van der Waals surface area contributed by atoms with Crippen LogP contribution in [0, 0.1) is 0 Å². The Labute approximate surface area is 150 Å². The number of carbonyl (C=O) groups is 1. The molecule has 3 aromatic rings. The second-order valence-electron chi connectivity index (χ2n) is 6.73. The highest BCUT2D eigenvalue weighted by Crippen LogP contribution is 2.29. The van der Waals surface area contributed by atoms with Gasteiger partial charge >= 0.3 is 5.69 Å². The quantitative estimate of drug-likeness (QED) is 0.763. The molecule has 1 N–H and O–H groups in total. The number of rotatable bonds is 5. The summed E-state index contributed by atoms with van der Waals surface area (Å²) in [5.74, 6) is 0.451. The number of aromatic nitrogens is 3. The predicted octanol–water partition coefficient (Wildman–Crippen LogP) is 2.61. The molecule has 0 unspecified atom stereocenters. The van der Waals surface area contributed by atoms with Gasteiger partial charge in [-0.15, -0.1) is 0 Å².